The van der Waals surface area contributed by atoms with Gasteiger partial charge in [-0.1, -0.05) is 29.8 Å². The van der Waals surface area contributed by atoms with Gasteiger partial charge in [0.25, 0.3) is 0 Å². The van der Waals surface area contributed by atoms with Crippen LogP contribution in [0.3, 0.4) is 0 Å². The lowest BCUT2D eigenvalue weighted by molar-refractivity contribution is 0.170. The summed E-state index contributed by atoms with van der Waals surface area (Å²) in [5.41, 5.74) is 0.662. The third-order valence-electron chi connectivity index (χ3n) is 3.42. The van der Waals surface area contributed by atoms with E-state index in [1.807, 2.05) is 20.0 Å². The molecule has 106 valence electrons. The van der Waals surface area contributed by atoms with Gasteiger partial charge in [-0.2, -0.15) is 4.31 Å². The molecule has 0 amide bonds. The standard InChI is InChI=1S/C13H19ClN2O2S/c1-11-9-15(2)7-8-16(11)19(17,18)10-12-5-3-4-6-13(12)14/h3-6,11H,7-10H2,1-2H3. The number of likely N-dealkylation sites (N-methyl/N-ethyl adjacent to an activating group) is 1. The summed E-state index contributed by atoms with van der Waals surface area (Å²) in [6.07, 6.45) is 0. The number of rotatable bonds is 3. The van der Waals surface area contributed by atoms with Crippen LogP contribution in [0.2, 0.25) is 5.02 Å². The predicted molar refractivity (Wildman–Crippen MR) is 77.7 cm³/mol. The molecule has 1 fully saturated rings. The summed E-state index contributed by atoms with van der Waals surface area (Å²) in [5.74, 6) is -0.0271. The van der Waals surface area contributed by atoms with E-state index in [2.05, 4.69) is 4.90 Å². The summed E-state index contributed by atoms with van der Waals surface area (Å²) in [6.45, 7) is 4.03. The van der Waals surface area contributed by atoms with Gasteiger partial charge in [-0.25, -0.2) is 8.42 Å². The van der Waals surface area contributed by atoms with Gasteiger partial charge < -0.3 is 4.90 Å². The molecule has 0 aromatic heterocycles. The van der Waals surface area contributed by atoms with Crippen molar-refractivity contribution < 1.29 is 8.42 Å². The first-order valence-corrected chi connectivity index (χ1v) is 8.30. The van der Waals surface area contributed by atoms with E-state index in [0.717, 1.165) is 13.1 Å². The highest BCUT2D eigenvalue weighted by Gasteiger charge is 2.31. The molecule has 0 radical (unpaired) electrons. The molecule has 1 aliphatic heterocycles. The largest absolute Gasteiger partial charge is 0.303 e. The Morgan fingerprint density at radius 3 is 2.63 bits per heavy atom. The molecule has 1 aromatic rings. The third kappa shape index (κ3) is 3.48. The molecule has 1 saturated heterocycles. The summed E-state index contributed by atoms with van der Waals surface area (Å²) in [6, 6.07) is 7.10. The van der Waals surface area contributed by atoms with Crippen LogP contribution in [0.1, 0.15) is 12.5 Å². The molecule has 19 heavy (non-hydrogen) atoms. The lowest BCUT2D eigenvalue weighted by Gasteiger charge is -2.37. The molecule has 6 heteroatoms. The van der Waals surface area contributed by atoms with E-state index in [-0.39, 0.29) is 11.8 Å². The van der Waals surface area contributed by atoms with Crippen molar-refractivity contribution in [3.05, 3.63) is 34.9 Å². The van der Waals surface area contributed by atoms with Gasteiger partial charge in [-0.3, -0.25) is 0 Å². The third-order valence-corrected chi connectivity index (χ3v) is 5.72. The van der Waals surface area contributed by atoms with E-state index >= 15 is 0 Å². The maximum absolute atomic E-state index is 12.5. The van der Waals surface area contributed by atoms with E-state index in [4.69, 9.17) is 11.6 Å². The van der Waals surface area contributed by atoms with E-state index in [0.29, 0.717) is 17.1 Å². The molecule has 2 rings (SSSR count). The Labute approximate surface area is 120 Å². The van der Waals surface area contributed by atoms with Crippen LogP contribution in [0.25, 0.3) is 0 Å². The minimum absolute atomic E-state index is 0.00578. The van der Waals surface area contributed by atoms with Gasteiger partial charge in [0.05, 0.1) is 5.75 Å². The van der Waals surface area contributed by atoms with Crippen molar-refractivity contribution in [1.29, 1.82) is 0 Å². The Bertz CT molecular complexity index is 547. The number of sulfonamides is 1. The van der Waals surface area contributed by atoms with Gasteiger partial charge in [0.15, 0.2) is 0 Å². The Morgan fingerprint density at radius 2 is 2.00 bits per heavy atom. The number of hydrogen-bond acceptors (Lipinski definition) is 3. The number of halogens is 1. The topological polar surface area (TPSA) is 40.6 Å². The summed E-state index contributed by atoms with van der Waals surface area (Å²) in [5, 5.41) is 0.507. The van der Waals surface area contributed by atoms with Crippen LogP contribution in [0.4, 0.5) is 0 Å². The molecule has 1 unspecified atom stereocenters. The zero-order valence-corrected chi connectivity index (χ0v) is 12.8. The molecule has 0 aliphatic carbocycles. The maximum atomic E-state index is 12.5. The molecule has 0 bridgehead atoms. The van der Waals surface area contributed by atoms with Crippen molar-refractivity contribution in [2.24, 2.45) is 0 Å². The Kier molecular flexibility index (Phi) is 4.50. The fourth-order valence-corrected chi connectivity index (χ4v) is 4.50. The molecule has 4 nitrogen and oxygen atoms in total. The fourth-order valence-electron chi connectivity index (χ4n) is 2.43. The summed E-state index contributed by atoms with van der Waals surface area (Å²) < 4.78 is 26.5. The van der Waals surface area contributed by atoms with Crippen LogP contribution in [0.15, 0.2) is 24.3 Å². The molecule has 1 atom stereocenters. The van der Waals surface area contributed by atoms with Gasteiger partial charge in [0, 0.05) is 30.7 Å². The highest BCUT2D eigenvalue weighted by atomic mass is 35.5. The van der Waals surface area contributed by atoms with Crippen molar-refractivity contribution >= 4 is 21.6 Å². The van der Waals surface area contributed by atoms with E-state index in [9.17, 15) is 8.42 Å². The number of benzene rings is 1. The second kappa shape index (κ2) is 5.79. The molecular weight excluding hydrogens is 284 g/mol. The number of piperazine rings is 1. The van der Waals surface area contributed by atoms with Crippen LogP contribution in [0.5, 0.6) is 0 Å². The maximum Gasteiger partial charge on any atom is 0.218 e. The first-order valence-electron chi connectivity index (χ1n) is 6.31. The highest BCUT2D eigenvalue weighted by Crippen LogP contribution is 2.22. The van der Waals surface area contributed by atoms with Crippen molar-refractivity contribution in [3.8, 4) is 0 Å². The van der Waals surface area contributed by atoms with E-state index < -0.39 is 10.0 Å². The van der Waals surface area contributed by atoms with Crippen LogP contribution < -0.4 is 0 Å². The average Bonchev–Trinajstić information content (AvgIpc) is 2.31. The van der Waals surface area contributed by atoms with E-state index in [1.54, 1.807) is 22.5 Å². The van der Waals surface area contributed by atoms with Gasteiger partial charge in [0.2, 0.25) is 10.0 Å². The van der Waals surface area contributed by atoms with Crippen molar-refractivity contribution in [3.63, 3.8) is 0 Å². The molecule has 1 heterocycles. The Hall–Kier alpha value is -0.620. The summed E-state index contributed by atoms with van der Waals surface area (Å²) in [4.78, 5) is 2.15. The number of hydrogen-bond donors (Lipinski definition) is 0. The van der Waals surface area contributed by atoms with Crippen LogP contribution in [0, 0.1) is 0 Å². The van der Waals surface area contributed by atoms with Crippen molar-refractivity contribution in [2.75, 3.05) is 26.7 Å². The first kappa shape index (κ1) is 14.8. The first-order chi connectivity index (χ1) is 8.90. The van der Waals surface area contributed by atoms with Crippen LogP contribution >= 0.6 is 11.6 Å². The van der Waals surface area contributed by atoms with Gasteiger partial charge in [-0.15, -0.1) is 0 Å². The minimum Gasteiger partial charge on any atom is -0.303 e. The zero-order valence-electron chi connectivity index (χ0n) is 11.2. The normalized spacial score (nSPS) is 22.6. The molecule has 0 saturated carbocycles. The predicted octanol–water partition coefficient (Wildman–Crippen LogP) is 1.81. The SMILES string of the molecule is CC1CN(C)CCN1S(=O)(=O)Cc1ccccc1Cl. The smallest absolute Gasteiger partial charge is 0.218 e. The van der Waals surface area contributed by atoms with Crippen LogP contribution in [-0.2, 0) is 15.8 Å². The van der Waals surface area contributed by atoms with E-state index in [1.165, 1.54) is 0 Å². The second-order valence-corrected chi connectivity index (χ2v) is 7.40. The van der Waals surface area contributed by atoms with Gasteiger partial charge >= 0.3 is 0 Å². The minimum atomic E-state index is -3.31. The highest BCUT2D eigenvalue weighted by molar-refractivity contribution is 7.88. The second-order valence-electron chi connectivity index (χ2n) is 5.07. The summed E-state index contributed by atoms with van der Waals surface area (Å²) >= 11 is 6.04. The van der Waals surface area contributed by atoms with Gasteiger partial charge in [-0.05, 0) is 25.6 Å². The lowest BCUT2D eigenvalue weighted by Crippen LogP contribution is -2.52. The monoisotopic (exact) mass is 302 g/mol. The Balaban J connectivity index is 2.17. The lowest BCUT2D eigenvalue weighted by atomic mass is 10.2. The fraction of sp³-hybridized carbons (Fsp3) is 0.538. The van der Waals surface area contributed by atoms with Crippen molar-refractivity contribution in [1.82, 2.24) is 9.21 Å². The molecule has 0 N–H and O–H groups in total. The molecular formula is C13H19ClN2O2S. The van der Waals surface area contributed by atoms with Gasteiger partial charge in [0.1, 0.15) is 0 Å². The quantitative estimate of drug-likeness (QED) is 0.855. The average molecular weight is 303 g/mol. The zero-order chi connectivity index (χ0) is 14.0. The molecule has 1 aromatic carbocycles. The van der Waals surface area contributed by atoms with Crippen molar-refractivity contribution in [2.45, 2.75) is 18.7 Å². The molecule has 1 aliphatic rings. The number of nitrogens with zero attached hydrogens (tertiary/aromatic N) is 2. The molecule has 0 spiro atoms. The van der Waals surface area contributed by atoms with Crippen LogP contribution in [-0.4, -0.2) is 50.3 Å². The summed E-state index contributed by atoms with van der Waals surface area (Å²) in [7, 11) is -1.30. The Morgan fingerprint density at radius 1 is 1.32 bits per heavy atom.